The number of halogens is 1. The average Bonchev–Trinajstić information content (AvgIpc) is 2.40. The van der Waals surface area contributed by atoms with E-state index in [2.05, 4.69) is 4.74 Å². The number of ether oxygens (including phenoxy) is 1. The lowest BCUT2D eigenvalue weighted by atomic mass is 10.1. The molecular formula is C13H22FNO2. The lowest BCUT2D eigenvalue weighted by Gasteiger charge is -2.05. The Hall–Kier alpha value is -1.58. The normalized spacial score (nSPS) is 8.18. The smallest absolute Gasteiger partial charge is 0.338 e. The molecule has 0 amide bonds. The average molecular weight is 243 g/mol. The van der Waals surface area contributed by atoms with E-state index in [-0.39, 0.29) is 16.8 Å². The molecule has 0 saturated heterocycles. The van der Waals surface area contributed by atoms with Gasteiger partial charge in [-0.2, -0.15) is 0 Å². The first kappa shape index (κ1) is 17.8. The SMILES string of the molecule is CC.CC.COC(=O)c1ccc(N)c(F)c1C. The zero-order valence-corrected chi connectivity index (χ0v) is 11.4. The predicted molar refractivity (Wildman–Crippen MR) is 69.6 cm³/mol. The van der Waals surface area contributed by atoms with Crippen LogP contribution in [0.25, 0.3) is 0 Å². The molecule has 0 unspecified atom stereocenters. The minimum atomic E-state index is -0.567. The second-order valence-corrected chi connectivity index (χ2v) is 2.63. The van der Waals surface area contributed by atoms with Gasteiger partial charge in [0.15, 0.2) is 0 Å². The Morgan fingerprint density at radius 2 is 1.71 bits per heavy atom. The summed E-state index contributed by atoms with van der Waals surface area (Å²) in [6.07, 6.45) is 0. The van der Waals surface area contributed by atoms with Gasteiger partial charge < -0.3 is 10.5 Å². The Balaban J connectivity index is 0. The summed E-state index contributed by atoms with van der Waals surface area (Å²) < 4.78 is 17.6. The van der Waals surface area contributed by atoms with Gasteiger partial charge in [0, 0.05) is 5.56 Å². The van der Waals surface area contributed by atoms with E-state index in [9.17, 15) is 9.18 Å². The quantitative estimate of drug-likeness (QED) is 0.606. The van der Waals surface area contributed by atoms with E-state index in [1.54, 1.807) is 0 Å². The number of anilines is 1. The fraction of sp³-hybridized carbons (Fsp3) is 0.462. The van der Waals surface area contributed by atoms with Crippen molar-refractivity contribution in [1.82, 2.24) is 0 Å². The standard InChI is InChI=1S/C9H10FNO2.2C2H6/c1-5-6(9(12)13-2)3-4-7(11)8(5)10;2*1-2/h3-4H,11H2,1-2H3;2*1-2H3. The number of nitrogens with two attached hydrogens (primary N) is 1. The first-order valence-corrected chi connectivity index (χ1v) is 5.70. The van der Waals surface area contributed by atoms with Gasteiger partial charge in [0.2, 0.25) is 0 Å². The Labute approximate surface area is 103 Å². The number of benzene rings is 1. The molecule has 4 heteroatoms. The summed E-state index contributed by atoms with van der Waals surface area (Å²) in [5.41, 5.74) is 5.75. The van der Waals surface area contributed by atoms with Crippen LogP contribution in [0.2, 0.25) is 0 Å². The lowest BCUT2D eigenvalue weighted by Crippen LogP contribution is -2.06. The Kier molecular flexibility index (Phi) is 10.1. The van der Waals surface area contributed by atoms with Crippen LogP contribution in [0.15, 0.2) is 12.1 Å². The zero-order valence-electron chi connectivity index (χ0n) is 11.4. The Bertz CT molecular complexity index is 352. The molecule has 1 aromatic carbocycles. The van der Waals surface area contributed by atoms with Crippen molar-refractivity contribution in [3.05, 3.63) is 29.1 Å². The van der Waals surface area contributed by atoms with Crippen molar-refractivity contribution in [3.8, 4) is 0 Å². The molecule has 0 radical (unpaired) electrons. The number of methoxy groups -OCH3 is 1. The largest absolute Gasteiger partial charge is 0.465 e. The summed E-state index contributed by atoms with van der Waals surface area (Å²) in [7, 11) is 1.25. The molecular weight excluding hydrogens is 221 g/mol. The molecule has 1 rings (SSSR count). The Morgan fingerprint density at radius 1 is 1.24 bits per heavy atom. The van der Waals surface area contributed by atoms with E-state index < -0.39 is 11.8 Å². The summed E-state index contributed by atoms with van der Waals surface area (Å²) in [5.74, 6) is -1.13. The highest BCUT2D eigenvalue weighted by molar-refractivity contribution is 5.91. The molecule has 2 N–H and O–H groups in total. The van der Waals surface area contributed by atoms with Crippen molar-refractivity contribution >= 4 is 11.7 Å². The molecule has 0 saturated carbocycles. The molecule has 0 fully saturated rings. The number of carbonyl (C=O) groups excluding carboxylic acids is 1. The fourth-order valence-corrected chi connectivity index (χ4v) is 1.04. The van der Waals surface area contributed by atoms with Crippen LogP contribution in [0, 0.1) is 12.7 Å². The molecule has 1 aromatic rings. The summed E-state index contributed by atoms with van der Waals surface area (Å²) in [4.78, 5) is 11.1. The first-order valence-electron chi connectivity index (χ1n) is 5.70. The van der Waals surface area contributed by atoms with Crippen LogP contribution >= 0.6 is 0 Å². The van der Waals surface area contributed by atoms with Gasteiger partial charge in [-0.3, -0.25) is 0 Å². The maximum Gasteiger partial charge on any atom is 0.338 e. The molecule has 0 aliphatic carbocycles. The molecule has 3 nitrogen and oxygen atoms in total. The molecule has 0 aliphatic heterocycles. The number of carbonyl (C=O) groups is 1. The van der Waals surface area contributed by atoms with Crippen LogP contribution in [0.4, 0.5) is 10.1 Å². The second kappa shape index (κ2) is 9.63. The van der Waals surface area contributed by atoms with E-state index in [1.165, 1.54) is 26.2 Å². The third-order valence-corrected chi connectivity index (χ3v) is 1.82. The van der Waals surface area contributed by atoms with Crippen LogP contribution in [-0.4, -0.2) is 13.1 Å². The van der Waals surface area contributed by atoms with E-state index in [1.807, 2.05) is 27.7 Å². The second-order valence-electron chi connectivity index (χ2n) is 2.63. The van der Waals surface area contributed by atoms with E-state index in [0.717, 1.165) is 0 Å². The van der Waals surface area contributed by atoms with Crippen LogP contribution in [0.3, 0.4) is 0 Å². The number of nitrogen functional groups attached to an aromatic ring is 1. The van der Waals surface area contributed by atoms with E-state index >= 15 is 0 Å². The van der Waals surface area contributed by atoms with Gasteiger partial charge in [-0.15, -0.1) is 0 Å². The van der Waals surface area contributed by atoms with Gasteiger partial charge in [0.05, 0.1) is 18.4 Å². The lowest BCUT2D eigenvalue weighted by molar-refractivity contribution is 0.0599. The molecule has 0 aromatic heterocycles. The van der Waals surface area contributed by atoms with Gasteiger partial charge in [-0.1, -0.05) is 27.7 Å². The van der Waals surface area contributed by atoms with E-state index in [0.29, 0.717) is 0 Å². The topological polar surface area (TPSA) is 52.3 Å². The zero-order chi connectivity index (χ0) is 14.0. The summed E-state index contributed by atoms with van der Waals surface area (Å²) >= 11 is 0. The van der Waals surface area contributed by atoms with Gasteiger partial charge in [-0.25, -0.2) is 9.18 Å². The van der Waals surface area contributed by atoms with Crippen LogP contribution in [-0.2, 0) is 4.74 Å². The molecule has 17 heavy (non-hydrogen) atoms. The highest BCUT2D eigenvalue weighted by Crippen LogP contribution is 2.18. The highest BCUT2D eigenvalue weighted by atomic mass is 19.1. The summed E-state index contributed by atoms with van der Waals surface area (Å²) in [6, 6.07) is 2.79. The maximum atomic E-state index is 13.2. The van der Waals surface area contributed by atoms with Crippen molar-refractivity contribution in [1.29, 1.82) is 0 Å². The monoisotopic (exact) mass is 243 g/mol. The van der Waals surface area contributed by atoms with Crippen LogP contribution in [0.5, 0.6) is 0 Å². The summed E-state index contributed by atoms with van der Waals surface area (Å²) in [6.45, 7) is 9.48. The van der Waals surface area contributed by atoms with Crippen molar-refractivity contribution in [2.75, 3.05) is 12.8 Å². The van der Waals surface area contributed by atoms with Gasteiger partial charge in [0.1, 0.15) is 5.82 Å². The van der Waals surface area contributed by atoms with Crippen LogP contribution < -0.4 is 5.73 Å². The molecule has 0 spiro atoms. The van der Waals surface area contributed by atoms with Crippen LogP contribution in [0.1, 0.15) is 43.6 Å². The third kappa shape index (κ3) is 4.85. The number of esters is 1. The minimum Gasteiger partial charge on any atom is -0.465 e. The number of hydrogen-bond donors (Lipinski definition) is 1. The van der Waals surface area contributed by atoms with Gasteiger partial charge >= 0.3 is 5.97 Å². The molecule has 0 aliphatic rings. The number of hydrogen-bond acceptors (Lipinski definition) is 3. The molecule has 0 atom stereocenters. The van der Waals surface area contributed by atoms with Crippen molar-refractivity contribution in [2.45, 2.75) is 34.6 Å². The van der Waals surface area contributed by atoms with Gasteiger partial charge in [-0.05, 0) is 19.1 Å². The third-order valence-electron chi connectivity index (χ3n) is 1.82. The Morgan fingerprint density at radius 3 is 2.12 bits per heavy atom. The fourth-order valence-electron chi connectivity index (χ4n) is 1.04. The summed E-state index contributed by atoms with van der Waals surface area (Å²) in [5, 5.41) is 0. The molecule has 0 bridgehead atoms. The van der Waals surface area contributed by atoms with Crippen molar-refractivity contribution in [2.24, 2.45) is 0 Å². The molecule has 98 valence electrons. The van der Waals surface area contributed by atoms with Gasteiger partial charge in [0.25, 0.3) is 0 Å². The first-order chi connectivity index (χ1) is 8.07. The number of rotatable bonds is 1. The highest BCUT2D eigenvalue weighted by Gasteiger charge is 2.13. The molecule has 0 heterocycles. The predicted octanol–water partition coefficient (Wildman–Crippen LogP) is 3.56. The minimum absolute atomic E-state index is 0.0325. The van der Waals surface area contributed by atoms with Crippen molar-refractivity contribution < 1.29 is 13.9 Å². The van der Waals surface area contributed by atoms with Crippen molar-refractivity contribution in [3.63, 3.8) is 0 Å². The van der Waals surface area contributed by atoms with E-state index in [4.69, 9.17) is 5.73 Å². The maximum absolute atomic E-state index is 13.2.